The Bertz CT molecular complexity index is 529. The average molecular weight is 242 g/mol. The fourth-order valence-corrected chi connectivity index (χ4v) is 3.20. The largest absolute Gasteiger partial charge is 0.361 e. The standard InChI is InChI=1S/C16H22N2/c1-11-6-7-15(12(11)2)18-10-13-4-3-5-16-14(13)8-9-17-16/h3-5,8-9,11-12,15,17-18H,6-7,10H2,1-2H3. The lowest BCUT2D eigenvalue weighted by molar-refractivity contribution is 0.370. The van der Waals surface area contributed by atoms with E-state index in [0.717, 1.165) is 18.4 Å². The molecule has 0 amide bonds. The first-order valence-corrected chi connectivity index (χ1v) is 7.04. The molecular formula is C16H22N2. The molecule has 1 aliphatic carbocycles. The Labute approximate surface area is 109 Å². The Kier molecular flexibility index (Phi) is 3.13. The zero-order chi connectivity index (χ0) is 12.5. The smallest absolute Gasteiger partial charge is 0.0457 e. The van der Waals surface area contributed by atoms with Gasteiger partial charge in [0.25, 0.3) is 0 Å². The highest BCUT2D eigenvalue weighted by atomic mass is 14.9. The summed E-state index contributed by atoms with van der Waals surface area (Å²) in [4.78, 5) is 3.28. The van der Waals surface area contributed by atoms with Crippen LogP contribution in [0, 0.1) is 11.8 Å². The van der Waals surface area contributed by atoms with Gasteiger partial charge in [-0.05, 0) is 42.4 Å². The van der Waals surface area contributed by atoms with E-state index in [1.165, 1.54) is 29.3 Å². The number of rotatable bonds is 3. The van der Waals surface area contributed by atoms with Crippen LogP contribution in [0.1, 0.15) is 32.3 Å². The third kappa shape index (κ3) is 2.05. The van der Waals surface area contributed by atoms with Gasteiger partial charge in [0.05, 0.1) is 0 Å². The fraction of sp³-hybridized carbons (Fsp3) is 0.500. The van der Waals surface area contributed by atoms with E-state index in [2.05, 4.69) is 48.4 Å². The summed E-state index contributed by atoms with van der Waals surface area (Å²) in [6.45, 7) is 5.74. The Morgan fingerprint density at radius 1 is 1.22 bits per heavy atom. The van der Waals surface area contributed by atoms with Gasteiger partial charge in [0.2, 0.25) is 0 Å². The second-order valence-corrected chi connectivity index (χ2v) is 5.76. The van der Waals surface area contributed by atoms with Gasteiger partial charge in [-0.1, -0.05) is 26.0 Å². The molecule has 1 heterocycles. The van der Waals surface area contributed by atoms with Crippen LogP contribution in [0.25, 0.3) is 10.9 Å². The highest BCUT2D eigenvalue weighted by molar-refractivity contribution is 5.82. The van der Waals surface area contributed by atoms with Crippen LogP contribution in [0.5, 0.6) is 0 Å². The minimum Gasteiger partial charge on any atom is -0.361 e. The summed E-state index contributed by atoms with van der Waals surface area (Å²) in [5.74, 6) is 1.67. The van der Waals surface area contributed by atoms with Crippen molar-refractivity contribution < 1.29 is 0 Å². The molecule has 0 aliphatic heterocycles. The van der Waals surface area contributed by atoms with E-state index in [1.807, 2.05) is 6.20 Å². The van der Waals surface area contributed by atoms with Gasteiger partial charge in [0.1, 0.15) is 0 Å². The quantitative estimate of drug-likeness (QED) is 0.844. The Morgan fingerprint density at radius 2 is 2.11 bits per heavy atom. The van der Waals surface area contributed by atoms with Crippen LogP contribution in [0.15, 0.2) is 30.5 Å². The van der Waals surface area contributed by atoms with Crippen molar-refractivity contribution in [2.24, 2.45) is 11.8 Å². The molecule has 2 heteroatoms. The predicted molar refractivity (Wildman–Crippen MR) is 76.5 cm³/mol. The molecule has 1 saturated carbocycles. The van der Waals surface area contributed by atoms with Gasteiger partial charge in [-0.25, -0.2) is 0 Å². The van der Waals surface area contributed by atoms with E-state index in [-0.39, 0.29) is 0 Å². The van der Waals surface area contributed by atoms with Gasteiger partial charge >= 0.3 is 0 Å². The minimum absolute atomic E-state index is 0.689. The topological polar surface area (TPSA) is 27.8 Å². The number of benzene rings is 1. The summed E-state index contributed by atoms with van der Waals surface area (Å²) in [6.07, 6.45) is 4.72. The molecule has 2 N–H and O–H groups in total. The minimum atomic E-state index is 0.689. The monoisotopic (exact) mass is 242 g/mol. The van der Waals surface area contributed by atoms with Crippen molar-refractivity contribution in [3.05, 3.63) is 36.0 Å². The number of fused-ring (bicyclic) bond motifs is 1. The van der Waals surface area contributed by atoms with Crippen LogP contribution in [0.3, 0.4) is 0 Å². The molecule has 2 nitrogen and oxygen atoms in total. The molecule has 0 radical (unpaired) electrons. The number of nitrogens with one attached hydrogen (secondary N) is 2. The number of H-pyrrole nitrogens is 1. The van der Waals surface area contributed by atoms with E-state index >= 15 is 0 Å². The third-order valence-electron chi connectivity index (χ3n) is 4.71. The first kappa shape index (κ1) is 11.8. The van der Waals surface area contributed by atoms with Crippen molar-refractivity contribution in [1.82, 2.24) is 10.3 Å². The van der Waals surface area contributed by atoms with Crippen LogP contribution in [0.2, 0.25) is 0 Å². The zero-order valence-corrected chi connectivity index (χ0v) is 11.2. The van der Waals surface area contributed by atoms with Crippen LogP contribution < -0.4 is 5.32 Å². The molecule has 3 atom stereocenters. The summed E-state index contributed by atoms with van der Waals surface area (Å²) in [5, 5.41) is 5.10. The van der Waals surface area contributed by atoms with Crippen molar-refractivity contribution in [2.75, 3.05) is 0 Å². The van der Waals surface area contributed by atoms with Crippen molar-refractivity contribution in [3.63, 3.8) is 0 Å². The SMILES string of the molecule is CC1CCC(NCc2cccc3[nH]ccc23)C1C. The fourth-order valence-electron chi connectivity index (χ4n) is 3.20. The highest BCUT2D eigenvalue weighted by Crippen LogP contribution is 2.31. The Morgan fingerprint density at radius 3 is 2.89 bits per heavy atom. The Hall–Kier alpha value is -1.28. The second-order valence-electron chi connectivity index (χ2n) is 5.76. The lowest BCUT2D eigenvalue weighted by atomic mass is 9.97. The molecule has 18 heavy (non-hydrogen) atoms. The van der Waals surface area contributed by atoms with Gasteiger partial charge in [-0.15, -0.1) is 0 Å². The average Bonchev–Trinajstić information content (AvgIpc) is 2.97. The number of hydrogen-bond acceptors (Lipinski definition) is 1. The number of aromatic amines is 1. The number of hydrogen-bond donors (Lipinski definition) is 2. The number of aromatic nitrogens is 1. The maximum absolute atomic E-state index is 3.75. The molecule has 1 fully saturated rings. The normalized spacial score (nSPS) is 28.0. The molecule has 1 aliphatic rings. The molecule has 1 aromatic heterocycles. The van der Waals surface area contributed by atoms with Crippen LogP contribution in [-0.4, -0.2) is 11.0 Å². The van der Waals surface area contributed by atoms with Crippen LogP contribution in [0.4, 0.5) is 0 Å². The van der Waals surface area contributed by atoms with Crippen molar-refractivity contribution in [2.45, 2.75) is 39.3 Å². The molecule has 1 aromatic carbocycles. The molecular weight excluding hydrogens is 220 g/mol. The molecule has 96 valence electrons. The second kappa shape index (κ2) is 4.77. The van der Waals surface area contributed by atoms with Crippen LogP contribution in [-0.2, 0) is 6.54 Å². The van der Waals surface area contributed by atoms with Gasteiger partial charge in [0.15, 0.2) is 0 Å². The van der Waals surface area contributed by atoms with E-state index in [4.69, 9.17) is 0 Å². The molecule has 0 bridgehead atoms. The van der Waals surface area contributed by atoms with Gasteiger partial charge in [-0.3, -0.25) is 0 Å². The lowest BCUT2D eigenvalue weighted by Crippen LogP contribution is -2.31. The molecule has 3 rings (SSSR count). The molecule has 0 spiro atoms. The predicted octanol–water partition coefficient (Wildman–Crippen LogP) is 3.69. The highest BCUT2D eigenvalue weighted by Gasteiger charge is 2.29. The summed E-state index contributed by atoms with van der Waals surface area (Å²) in [7, 11) is 0. The first-order valence-electron chi connectivity index (χ1n) is 7.04. The van der Waals surface area contributed by atoms with Crippen molar-refractivity contribution in [3.8, 4) is 0 Å². The maximum Gasteiger partial charge on any atom is 0.0457 e. The van der Waals surface area contributed by atoms with Crippen molar-refractivity contribution >= 4 is 10.9 Å². The maximum atomic E-state index is 3.75. The molecule has 0 saturated heterocycles. The van der Waals surface area contributed by atoms with Crippen molar-refractivity contribution in [1.29, 1.82) is 0 Å². The summed E-state index contributed by atoms with van der Waals surface area (Å²) in [6, 6.07) is 9.36. The molecule has 2 aromatic rings. The van der Waals surface area contributed by atoms with Gasteiger partial charge in [-0.2, -0.15) is 0 Å². The lowest BCUT2D eigenvalue weighted by Gasteiger charge is -2.20. The van der Waals surface area contributed by atoms with E-state index in [0.29, 0.717) is 6.04 Å². The summed E-state index contributed by atoms with van der Waals surface area (Å²) < 4.78 is 0. The first-order chi connectivity index (χ1) is 8.75. The van der Waals surface area contributed by atoms with E-state index in [1.54, 1.807) is 0 Å². The van der Waals surface area contributed by atoms with Gasteiger partial charge < -0.3 is 10.3 Å². The van der Waals surface area contributed by atoms with Gasteiger partial charge in [0, 0.05) is 29.7 Å². The summed E-state index contributed by atoms with van der Waals surface area (Å²) in [5.41, 5.74) is 2.64. The van der Waals surface area contributed by atoms with E-state index in [9.17, 15) is 0 Å². The summed E-state index contributed by atoms with van der Waals surface area (Å²) >= 11 is 0. The molecule has 3 unspecified atom stereocenters. The zero-order valence-electron chi connectivity index (χ0n) is 11.2. The Balaban J connectivity index is 1.72. The third-order valence-corrected chi connectivity index (χ3v) is 4.71. The van der Waals surface area contributed by atoms with Crippen LogP contribution >= 0.6 is 0 Å². The van der Waals surface area contributed by atoms with E-state index < -0.39 is 0 Å².